The Morgan fingerprint density at radius 2 is 1.91 bits per heavy atom. The molecule has 1 aliphatic rings. The summed E-state index contributed by atoms with van der Waals surface area (Å²) in [4.78, 5) is 26.3. The minimum Gasteiger partial charge on any atom is -0.493 e. The Morgan fingerprint density at radius 1 is 1.15 bits per heavy atom. The van der Waals surface area contributed by atoms with Gasteiger partial charge in [0.25, 0.3) is 5.91 Å². The molecule has 0 spiro atoms. The minimum absolute atomic E-state index is 0.0805. The third kappa shape index (κ3) is 5.12. The number of anilines is 1. The van der Waals surface area contributed by atoms with Crippen LogP contribution in [0.4, 0.5) is 5.82 Å². The first kappa shape index (κ1) is 23.1. The normalized spacial score (nSPS) is 14.5. The lowest BCUT2D eigenvalue weighted by molar-refractivity contribution is 0.0625. The first-order valence-electron chi connectivity index (χ1n) is 11.0. The SMILES string of the molecule is CCCOc1c(Cl)cc(C(=O)N2CCN(Cc3nc(N)c4ccccc4n3)CC2)cc1OC. The number of hydrogen-bond donors (Lipinski definition) is 1. The van der Waals surface area contributed by atoms with Crippen molar-refractivity contribution in [2.45, 2.75) is 19.9 Å². The van der Waals surface area contributed by atoms with E-state index in [9.17, 15) is 4.79 Å². The fourth-order valence-electron chi connectivity index (χ4n) is 3.90. The number of hydrogen-bond acceptors (Lipinski definition) is 7. The summed E-state index contributed by atoms with van der Waals surface area (Å²) in [5.74, 6) is 2.02. The van der Waals surface area contributed by atoms with Crippen molar-refractivity contribution in [2.75, 3.05) is 45.6 Å². The van der Waals surface area contributed by atoms with E-state index in [1.165, 1.54) is 0 Å². The van der Waals surface area contributed by atoms with E-state index in [1.807, 2.05) is 36.1 Å². The number of methoxy groups -OCH3 is 1. The Kier molecular flexibility index (Phi) is 7.15. The van der Waals surface area contributed by atoms with Crippen LogP contribution in [0.2, 0.25) is 5.02 Å². The van der Waals surface area contributed by atoms with Crippen molar-refractivity contribution in [3.05, 3.63) is 52.8 Å². The number of carbonyl (C=O) groups excluding carboxylic acids is 1. The van der Waals surface area contributed by atoms with Crippen LogP contribution in [-0.4, -0.2) is 65.6 Å². The highest BCUT2D eigenvalue weighted by Crippen LogP contribution is 2.37. The van der Waals surface area contributed by atoms with Gasteiger partial charge < -0.3 is 20.1 Å². The molecule has 9 heteroatoms. The molecule has 1 aromatic heterocycles. The molecule has 1 aliphatic heterocycles. The van der Waals surface area contributed by atoms with Gasteiger partial charge in [0.15, 0.2) is 11.5 Å². The van der Waals surface area contributed by atoms with E-state index in [2.05, 4.69) is 14.9 Å². The quantitative estimate of drug-likeness (QED) is 0.564. The Hall–Kier alpha value is -3.10. The molecule has 0 aliphatic carbocycles. The van der Waals surface area contributed by atoms with Crippen molar-refractivity contribution in [2.24, 2.45) is 0 Å². The van der Waals surface area contributed by atoms with Gasteiger partial charge in [0, 0.05) is 37.1 Å². The summed E-state index contributed by atoms with van der Waals surface area (Å²) in [5, 5.41) is 1.23. The molecule has 2 N–H and O–H groups in total. The third-order valence-corrected chi connectivity index (χ3v) is 5.91. The second kappa shape index (κ2) is 10.2. The molecule has 0 saturated carbocycles. The van der Waals surface area contributed by atoms with Crippen LogP contribution in [0, 0.1) is 0 Å². The van der Waals surface area contributed by atoms with Crippen molar-refractivity contribution in [3.8, 4) is 11.5 Å². The van der Waals surface area contributed by atoms with E-state index < -0.39 is 0 Å². The van der Waals surface area contributed by atoms with Crippen molar-refractivity contribution < 1.29 is 14.3 Å². The molecule has 0 radical (unpaired) electrons. The number of aromatic nitrogens is 2. The highest BCUT2D eigenvalue weighted by molar-refractivity contribution is 6.32. The molecule has 0 atom stereocenters. The first-order valence-corrected chi connectivity index (χ1v) is 11.4. The second-order valence-electron chi connectivity index (χ2n) is 7.95. The number of piperazine rings is 1. The molecule has 1 amide bonds. The number of halogens is 1. The maximum atomic E-state index is 13.1. The number of nitrogens with two attached hydrogens (primary N) is 1. The summed E-state index contributed by atoms with van der Waals surface area (Å²) in [6.45, 7) is 5.73. The number of carbonyl (C=O) groups is 1. The van der Waals surface area contributed by atoms with Crippen molar-refractivity contribution >= 4 is 34.2 Å². The molecule has 3 aromatic rings. The van der Waals surface area contributed by atoms with Gasteiger partial charge in [-0.1, -0.05) is 30.7 Å². The number of ether oxygens (including phenoxy) is 2. The van der Waals surface area contributed by atoms with Gasteiger partial charge in [-0.3, -0.25) is 9.69 Å². The zero-order valence-electron chi connectivity index (χ0n) is 18.9. The molecule has 1 saturated heterocycles. The first-order chi connectivity index (χ1) is 16.0. The van der Waals surface area contributed by atoms with Gasteiger partial charge in [-0.15, -0.1) is 0 Å². The van der Waals surface area contributed by atoms with Gasteiger partial charge >= 0.3 is 0 Å². The zero-order chi connectivity index (χ0) is 23.4. The maximum absolute atomic E-state index is 13.1. The fraction of sp³-hybridized carbons (Fsp3) is 0.375. The van der Waals surface area contributed by atoms with Gasteiger partial charge in [-0.2, -0.15) is 0 Å². The molecule has 0 bridgehead atoms. The minimum atomic E-state index is -0.0805. The van der Waals surface area contributed by atoms with Crippen LogP contribution in [0.15, 0.2) is 36.4 Å². The van der Waals surface area contributed by atoms with E-state index in [0.717, 1.165) is 17.3 Å². The largest absolute Gasteiger partial charge is 0.493 e. The number of para-hydroxylation sites is 1. The van der Waals surface area contributed by atoms with E-state index >= 15 is 0 Å². The maximum Gasteiger partial charge on any atom is 0.254 e. The Labute approximate surface area is 198 Å². The summed E-state index contributed by atoms with van der Waals surface area (Å²) in [6.07, 6.45) is 0.848. The summed E-state index contributed by atoms with van der Waals surface area (Å²) in [7, 11) is 1.54. The molecule has 4 rings (SSSR count). The topological polar surface area (TPSA) is 93.8 Å². The van der Waals surface area contributed by atoms with Gasteiger partial charge in [-0.05, 0) is 30.7 Å². The summed E-state index contributed by atoms with van der Waals surface area (Å²) >= 11 is 6.39. The average Bonchev–Trinajstić information content (AvgIpc) is 2.83. The van der Waals surface area contributed by atoms with Crippen LogP contribution in [0.25, 0.3) is 10.9 Å². The lowest BCUT2D eigenvalue weighted by Gasteiger charge is -2.34. The highest BCUT2D eigenvalue weighted by Gasteiger charge is 2.25. The molecule has 1 fully saturated rings. The smallest absolute Gasteiger partial charge is 0.254 e. The monoisotopic (exact) mass is 469 g/mol. The summed E-state index contributed by atoms with van der Waals surface area (Å²) < 4.78 is 11.1. The fourth-order valence-corrected chi connectivity index (χ4v) is 4.17. The van der Waals surface area contributed by atoms with Crippen LogP contribution in [0.5, 0.6) is 11.5 Å². The third-order valence-electron chi connectivity index (χ3n) is 5.63. The molecular weight excluding hydrogens is 442 g/mol. The molecule has 8 nitrogen and oxygen atoms in total. The van der Waals surface area contributed by atoms with Gasteiger partial charge in [0.2, 0.25) is 0 Å². The highest BCUT2D eigenvalue weighted by atomic mass is 35.5. The van der Waals surface area contributed by atoms with Crippen LogP contribution >= 0.6 is 11.6 Å². The number of amides is 1. The molecule has 174 valence electrons. The number of nitrogen functional groups attached to an aromatic ring is 1. The van der Waals surface area contributed by atoms with Crippen molar-refractivity contribution in [1.29, 1.82) is 0 Å². The Morgan fingerprint density at radius 3 is 2.64 bits per heavy atom. The van der Waals surface area contributed by atoms with Crippen LogP contribution in [0.1, 0.15) is 29.5 Å². The molecule has 2 aromatic carbocycles. The molecule has 33 heavy (non-hydrogen) atoms. The predicted octanol–water partition coefficient (Wildman–Crippen LogP) is 3.62. The molecule has 2 heterocycles. The molecular formula is C24H28ClN5O3. The Balaban J connectivity index is 1.41. The lowest BCUT2D eigenvalue weighted by Crippen LogP contribution is -2.48. The average molecular weight is 470 g/mol. The number of rotatable bonds is 7. The van der Waals surface area contributed by atoms with Crippen LogP contribution < -0.4 is 15.2 Å². The van der Waals surface area contributed by atoms with Crippen LogP contribution in [0.3, 0.4) is 0 Å². The number of fused-ring (bicyclic) bond motifs is 1. The van der Waals surface area contributed by atoms with E-state index in [-0.39, 0.29) is 5.91 Å². The van der Waals surface area contributed by atoms with Gasteiger partial charge in [0.05, 0.1) is 30.8 Å². The summed E-state index contributed by atoms with van der Waals surface area (Å²) in [6, 6.07) is 11.1. The van der Waals surface area contributed by atoms with E-state index in [4.69, 9.17) is 26.8 Å². The van der Waals surface area contributed by atoms with Crippen molar-refractivity contribution in [3.63, 3.8) is 0 Å². The number of nitrogens with zero attached hydrogens (tertiary/aromatic N) is 4. The van der Waals surface area contributed by atoms with Crippen LogP contribution in [-0.2, 0) is 6.54 Å². The van der Waals surface area contributed by atoms with Crippen molar-refractivity contribution in [1.82, 2.24) is 19.8 Å². The number of benzene rings is 2. The predicted molar refractivity (Wildman–Crippen MR) is 129 cm³/mol. The Bertz CT molecular complexity index is 1150. The van der Waals surface area contributed by atoms with Gasteiger partial charge in [0.1, 0.15) is 11.6 Å². The standard InChI is InChI=1S/C24H28ClN5O3/c1-3-12-33-22-18(25)13-16(14-20(22)32-2)24(31)30-10-8-29(9-11-30)15-21-27-19-7-5-4-6-17(19)23(26)28-21/h4-7,13-14H,3,8-12,15H2,1-2H3,(H2,26,27,28). The van der Waals surface area contributed by atoms with E-state index in [0.29, 0.717) is 73.1 Å². The molecule has 0 unspecified atom stereocenters. The summed E-state index contributed by atoms with van der Waals surface area (Å²) in [5.41, 5.74) is 7.43. The zero-order valence-corrected chi connectivity index (χ0v) is 19.6. The second-order valence-corrected chi connectivity index (χ2v) is 8.36. The van der Waals surface area contributed by atoms with Gasteiger partial charge in [-0.25, -0.2) is 9.97 Å². The lowest BCUT2D eigenvalue weighted by atomic mass is 10.1. The van der Waals surface area contributed by atoms with E-state index in [1.54, 1.807) is 19.2 Å².